The minimum absolute atomic E-state index is 0.0248. The average Bonchev–Trinajstić information content (AvgIpc) is 2.22. The first-order valence-electron chi connectivity index (χ1n) is 5.73. The molecule has 17 heavy (non-hydrogen) atoms. The molecule has 6 nitrogen and oxygen atoms in total. The van der Waals surface area contributed by atoms with Gasteiger partial charge < -0.3 is 20.7 Å². The first-order valence-corrected chi connectivity index (χ1v) is 5.73. The largest absolute Gasteiger partial charge is 0.383 e. The lowest BCUT2D eigenvalue weighted by Crippen LogP contribution is -2.44. The number of rotatable bonds is 9. The van der Waals surface area contributed by atoms with Gasteiger partial charge in [-0.2, -0.15) is 0 Å². The fourth-order valence-electron chi connectivity index (χ4n) is 1.36. The summed E-state index contributed by atoms with van der Waals surface area (Å²) in [6.07, 6.45) is 0. The summed E-state index contributed by atoms with van der Waals surface area (Å²) in [6, 6.07) is 0. The molecule has 0 atom stereocenters. The molecule has 0 fully saturated rings. The van der Waals surface area contributed by atoms with E-state index in [9.17, 15) is 9.59 Å². The van der Waals surface area contributed by atoms with Crippen LogP contribution in [0.15, 0.2) is 0 Å². The normalized spacial score (nSPS) is 10.6. The third-order valence-electron chi connectivity index (χ3n) is 2.04. The summed E-state index contributed by atoms with van der Waals surface area (Å²) in [5.41, 5.74) is 5.11. The summed E-state index contributed by atoms with van der Waals surface area (Å²) in [5.74, 6) is -0.304. The van der Waals surface area contributed by atoms with Crippen LogP contribution in [0.5, 0.6) is 0 Å². The number of hydrogen-bond donors (Lipinski definition) is 2. The number of carbonyl (C=O) groups is 2. The van der Waals surface area contributed by atoms with E-state index in [1.165, 1.54) is 4.90 Å². The van der Waals surface area contributed by atoms with Crippen molar-refractivity contribution in [2.45, 2.75) is 13.8 Å². The van der Waals surface area contributed by atoms with Crippen molar-refractivity contribution in [3.05, 3.63) is 0 Å². The molecule has 0 bridgehead atoms. The van der Waals surface area contributed by atoms with Crippen LogP contribution in [0.25, 0.3) is 0 Å². The monoisotopic (exact) mass is 245 g/mol. The Morgan fingerprint density at radius 3 is 2.53 bits per heavy atom. The first kappa shape index (κ1) is 15.9. The van der Waals surface area contributed by atoms with Crippen LogP contribution in [0.3, 0.4) is 0 Å². The van der Waals surface area contributed by atoms with E-state index >= 15 is 0 Å². The number of ether oxygens (including phenoxy) is 1. The lowest BCUT2D eigenvalue weighted by Gasteiger charge is -2.23. The molecule has 0 aliphatic rings. The van der Waals surface area contributed by atoms with E-state index in [0.29, 0.717) is 25.6 Å². The highest BCUT2D eigenvalue weighted by molar-refractivity contribution is 5.84. The second kappa shape index (κ2) is 8.95. The number of nitrogens with two attached hydrogens (primary N) is 1. The Labute approximate surface area is 102 Å². The molecule has 0 unspecified atom stereocenters. The summed E-state index contributed by atoms with van der Waals surface area (Å²) >= 11 is 0. The van der Waals surface area contributed by atoms with Gasteiger partial charge in [0.05, 0.1) is 19.7 Å². The Kier molecular flexibility index (Phi) is 8.35. The van der Waals surface area contributed by atoms with Crippen molar-refractivity contribution in [2.24, 2.45) is 11.7 Å². The zero-order valence-electron chi connectivity index (χ0n) is 10.9. The van der Waals surface area contributed by atoms with Crippen molar-refractivity contribution in [1.82, 2.24) is 10.2 Å². The molecule has 0 spiro atoms. The Morgan fingerprint density at radius 2 is 2.06 bits per heavy atom. The molecular weight excluding hydrogens is 222 g/mol. The van der Waals surface area contributed by atoms with Crippen LogP contribution in [-0.4, -0.2) is 56.6 Å². The third-order valence-corrected chi connectivity index (χ3v) is 2.04. The fraction of sp³-hybridized carbons (Fsp3) is 0.818. The van der Waals surface area contributed by atoms with E-state index in [1.54, 1.807) is 7.11 Å². The van der Waals surface area contributed by atoms with Crippen LogP contribution in [0, 0.1) is 5.92 Å². The number of nitrogens with one attached hydrogen (secondary N) is 1. The fourth-order valence-corrected chi connectivity index (χ4v) is 1.36. The third kappa shape index (κ3) is 8.65. The highest BCUT2D eigenvalue weighted by atomic mass is 16.5. The predicted molar refractivity (Wildman–Crippen MR) is 65.4 cm³/mol. The van der Waals surface area contributed by atoms with Gasteiger partial charge in [-0.25, -0.2) is 0 Å². The quantitative estimate of drug-likeness (QED) is 0.520. The van der Waals surface area contributed by atoms with Gasteiger partial charge in [-0.05, 0) is 5.92 Å². The maximum absolute atomic E-state index is 11.8. The van der Waals surface area contributed by atoms with Crippen molar-refractivity contribution < 1.29 is 14.3 Å². The number of amides is 2. The van der Waals surface area contributed by atoms with Gasteiger partial charge >= 0.3 is 0 Å². The lowest BCUT2D eigenvalue weighted by molar-refractivity contribution is -0.134. The number of hydrogen-bond acceptors (Lipinski definition) is 4. The SMILES string of the molecule is COCCNCC(=O)N(CC(N)=O)CC(C)C. The number of methoxy groups -OCH3 is 1. The highest BCUT2D eigenvalue weighted by Gasteiger charge is 2.16. The molecule has 0 saturated heterocycles. The minimum atomic E-state index is -0.490. The van der Waals surface area contributed by atoms with Crippen LogP contribution in [-0.2, 0) is 14.3 Å². The summed E-state index contributed by atoms with van der Waals surface area (Å²) in [5, 5.41) is 2.94. The van der Waals surface area contributed by atoms with Gasteiger partial charge in [0.15, 0.2) is 0 Å². The Morgan fingerprint density at radius 1 is 1.41 bits per heavy atom. The lowest BCUT2D eigenvalue weighted by atomic mass is 10.2. The zero-order chi connectivity index (χ0) is 13.3. The minimum Gasteiger partial charge on any atom is -0.383 e. The molecule has 0 aliphatic carbocycles. The van der Waals surface area contributed by atoms with Gasteiger partial charge in [-0.15, -0.1) is 0 Å². The van der Waals surface area contributed by atoms with E-state index in [-0.39, 0.29) is 19.0 Å². The predicted octanol–water partition coefficient (Wildman–Crippen LogP) is -0.808. The molecule has 0 aromatic rings. The van der Waals surface area contributed by atoms with Gasteiger partial charge in [0, 0.05) is 20.2 Å². The summed E-state index contributed by atoms with van der Waals surface area (Å²) < 4.78 is 4.85. The van der Waals surface area contributed by atoms with Crippen LogP contribution in [0.2, 0.25) is 0 Å². The van der Waals surface area contributed by atoms with Gasteiger partial charge in [0.2, 0.25) is 11.8 Å². The van der Waals surface area contributed by atoms with Crippen LogP contribution >= 0.6 is 0 Å². The second-order valence-corrected chi connectivity index (χ2v) is 4.30. The van der Waals surface area contributed by atoms with E-state index in [1.807, 2.05) is 13.8 Å². The Bertz CT molecular complexity index is 244. The molecule has 0 rings (SSSR count). The van der Waals surface area contributed by atoms with Crippen LogP contribution < -0.4 is 11.1 Å². The Hall–Kier alpha value is -1.14. The van der Waals surface area contributed by atoms with E-state index in [4.69, 9.17) is 10.5 Å². The van der Waals surface area contributed by atoms with Crippen molar-refractivity contribution >= 4 is 11.8 Å². The van der Waals surface area contributed by atoms with Gasteiger partial charge in [-0.1, -0.05) is 13.8 Å². The van der Waals surface area contributed by atoms with Crippen LogP contribution in [0.4, 0.5) is 0 Å². The Balaban J connectivity index is 4.08. The standard InChI is InChI=1S/C11H23N3O3/c1-9(2)7-14(8-10(12)15)11(16)6-13-4-5-17-3/h9,13H,4-8H2,1-3H3,(H2,12,15). The zero-order valence-corrected chi connectivity index (χ0v) is 10.9. The molecule has 100 valence electrons. The van der Waals surface area contributed by atoms with Crippen molar-refractivity contribution in [3.63, 3.8) is 0 Å². The molecule has 3 N–H and O–H groups in total. The number of carbonyl (C=O) groups excluding carboxylic acids is 2. The highest BCUT2D eigenvalue weighted by Crippen LogP contribution is 1.98. The maximum Gasteiger partial charge on any atom is 0.237 e. The molecule has 0 aliphatic heterocycles. The van der Waals surface area contributed by atoms with Gasteiger partial charge in [-0.3, -0.25) is 9.59 Å². The molecule has 0 saturated carbocycles. The topological polar surface area (TPSA) is 84.7 Å². The van der Waals surface area contributed by atoms with E-state index < -0.39 is 5.91 Å². The van der Waals surface area contributed by atoms with E-state index in [0.717, 1.165) is 0 Å². The molecule has 6 heteroatoms. The van der Waals surface area contributed by atoms with Crippen molar-refractivity contribution in [2.75, 3.05) is 39.9 Å². The summed E-state index contributed by atoms with van der Waals surface area (Å²) in [6.45, 7) is 5.83. The molecular formula is C11H23N3O3. The molecule has 0 aromatic carbocycles. The number of nitrogens with zero attached hydrogens (tertiary/aromatic N) is 1. The smallest absolute Gasteiger partial charge is 0.237 e. The first-order chi connectivity index (χ1) is 7.97. The molecule has 0 aromatic heterocycles. The van der Waals surface area contributed by atoms with E-state index in [2.05, 4.69) is 5.32 Å². The molecule has 2 amide bonds. The van der Waals surface area contributed by atoms with Crippen molar-refractivity contribution in [1.29, 1.82) is 0 Å². The molecule has 0 radical (unpaired) electrons. The van der Waals surface area contributed by atoms with Gasteiger partial charge in [0.1, 0.15) is 0 Å². The summed E-state index contributed by atoms with van der Waals surface area (Å²) in [7, 11) is 1.60. The van der Waals surface area contributed by atoms with Crippen molar-refractivity contribution in [3.8, 4) is 0 Å². The molecule has 0 heterocycles. The average molecular weight is 245 g/mol. The summed E-state index contributed by atoms with van der Waals surface area (Å²) in [4.78, 5) is 24.1. The number of primary amides is 1. The maximum atomic E-state index is 11.8. The van der Waals surface area contributed by atoms with Crippen LogP contribution in [0.1, 0.15) is 13.8 Å². The van der Waals surface area contributed by atoms with Gasteiger partial charge in [0.25, 0.3) is 0 Å². The second-order valence-electron chi connectivity index (χ2n) is 4.30.